The second-order valence-electron chi connectivity index (χ2n) is 5.47. The van der Waals surface area contributed by atoms with E-state index in [1.54, 1.807) is 0 Å². The van der Waals surface area contributed by atoms with Gasteiger partial charge in [-0.2, -0.15) is 0 Å². The van der Waals surface area contributed by atoms with Crippen molar-refractivity contribution in [1.29, 1.82) is 0 Å². The quantitative estimate of drug-likeness (QED) is 0.748. The molecule has 0 N–H and O–H groups in total. The van der Waals surface area contributed by atoms with Crippen LogP contribution in [0.5, 0.6) is 0 Å². The first kappa shape index (κ1) is 12.6. The van der Waals surface area contributed by atoms with E-state index in [0.29, 0.717) is 0 Å². The summed E-state index contributed by atoms with van der Waals surface area (Å²) in [5.41, 5.74) is 1.61. The maximum atomic E-state index is 5.54. The van der Waals surface area contributed by atoms with Gasteiger partial charge in [-0.3, -0.25) is 0 Å². The van der Waals surface area contributed by atoms with Gasteiger partial charge in [0, 0.05) is 19.1 Å². The highest BCUT2D eigenvalue weighted by atomic mass is 16.5. The zero-order valence-electron chi connectivity index (χ0n) is 11.1. The van der Waals surface area contributed by atoms with Crippen LogP contribution in [0.4, 0.5) is 0 Å². The molecule has 1 aromatic rings. The summed E-state index contributed by atoms with van der Waals surface area (Å²) in [6, 6.07) is 10.9. The van der Waals surface area contributed by atoms with Gasteiger partial charge in [0.25, 0.3) is 0 Å². The first-order valence-electron chi connectivity index (χ1n) is 6.38. The Morgan fingerprint density at radius 3 is 2.35 bits per heavy atom. The topological polar surface area (TPSA) is 12.5 Å². The Morgan fingerprint density at radius 1 is 1.24 bits per heavy atom. The van der Waals surface area contributed by atoms with Crippen molar-refractivity contribution in [3.63, 3.8) is 0 Å². The number of benzene rings is 1. The van der Waals surface area contributed by atoms with Crippen LogP contribution >= 0.6 is 0 Å². The number of rotatable bonds is 6. The van der Waals surface area contributed by atoms with Gasteiger partial charge >= 0.3 is 0 Å². The van der Waals surface area contributed by atoms with E-state index in [-0.39, 0.29) is 5.41 Å². The molecular weight excluding hydrogens is 210 g/mol. The molecule has 94 valence electrons. The van der Waals surface area contributed by atoms with Crippen molar-refractivity contribution >= 4 is 0 Å². The lowest BCUT2D eigenvalue weighted by molar-refractivity contribution is 0.0951. The Balaban J connectivity index is 2.33. The summed E-state index contributed by atoms with van der Waals surface area (Å²) in [5, 5.41) is 0. The Labute approximate surface area is 105 Å². The van der Waals surface area contributed by atoms with Gasteiger partial charge in [-0.1, -0.05) is 30.3 Å². The molecule has 0 spiro atoms. The predicted octanol–water partition coefficient (Wildman–Crippen LogP) is 2.54. The zero-order valence-corrected chi connectivity index (χ0v) is 11.1. The molecule has 0 bridgehead atoms. The molecule has 1 unspecified atom stereocenters. The summed E-state index contributed by atoms with van der Waals surface area (Å²) in [6.45, 7) is 1.88. The molecule has 0 amide bonds. The van der Waals surface area contributed by atoms with Gasteiger partial charge in [-0.15, -0.1) is 0 Å². The lowest BCUT2D eigenvalue weighted by atomic mass is 9.76. The first-order valence-corrected chi connectivity index (χ1v) is 6.38. The van der Waals surface area contributed by atoms with Crippen molar-refractivity contribution in [2.45, 2.75) is 18.3 Å². The minimum Gasteiger partial charge on any atom is -0.384 e. The Kier molecular flexibility index (Phi) is 3.85. The van der Waals surface area contributed by atoms with Crippen LogP contribution < -0.4 is 0 Å². The van der Waals surface area contributed by atoms with Crippen molar-refractivity contribution in [1.82, 2.24) is 4.90 Å². The van der Waals surface area contributed by atoms with E-state index >= 15 is 0 Å². The fraction of sp³-hybridized carbons (Fsp3) is 0.600. The number of methoxy groups -OCH3 is 1. The lowest BCUT2D eigenvalue weighted by Crippen LogP contribution is -2.43. The van der Waals surface area contributed by atoms with Crippen LogP contribution in [0.25, 0.3) is 0 Å². The van der Waals surface area contributed by atoms with E-state index in [1.807, 2.05) is 7.11 Å². The summed E-state index contributed by atoms with van der Waals surface area (Å²) in [6.07, 6.45) is 2.68. The smallest absolute Gasteiger partial charge is 0.0574 e. The summed E-state index contributed by atoms with van der Waals surface area (Å²) in [5.74, 6) is 0.784. The van der Waals surface area contributed by atoms with Gasteiger partial charge in [0.2, 0.25) is 0 Å². The molecule has 17 heavy (non-hydrogen) atoms. The Bertz CT molecular complexity index is 345. The van der Waals surface area contributed by atoms with Crippen LogP contribution in [-0.2, 0) is 10.2 Å². The molecule has 0 aliphatic heterocycles. The summed E-state index contributed by atoms with van der Waals surface area (Å²) in [4.78, 5) is 2.28. The van der Waals surface area contributed by atoms with E-state index in [0.717, 1.165) is 19.1 Å². The fourth-order valence-electron chi connectivity index (χ4n) is 2.93. The Hall–Kier alpha value is -0.860. The van der Waals surface area contributed by atoms with Crippen molar-refractivity contribution in [3.05, 3.63) is 35.9 Å². The second kappa shape index (κ2) is 5.19. The first-order chi connectivity index (χ1) is 8.19. The van der Waals surface area contributed by atoms with Gasteiger partial charge in [-0.25, -0.2) is 0 Å². The summed E-state index contributed by atoms with van der Waals surface area (Å²) >= 11 is 0. The largest absolute Gasteiger partial charge is 0.384 e. The monoisotopic (exact) mass is 233 g/mol. The van der Waals surface area contributed by atoms with E-state index < -0.39 is 0 Å². The molecule has 2 rings (SSSR count). The average molecular weight is 233 g/mol. The SMILES string of the molecule is COCC(CN(C)C)(c1ccccc1)C1CC1. The molecule has 1 fully saturated rings. The minimum absolute atomic E-state index is 0.180. The number of likely N-dealkylation sites (N-methyl/N-ethyl adjacent to an activating group) is 1. The average Bonchev–Trinajstić information content (AvgIpc) is 3.13. The standard InChI is InChI=1S/C15H23NO/c1-16(2)11-15(12-17-3,14-9-10-14)13-7-5-4-6-8-13/h4-8,14H,9-12H2,1-3H3. The van der Waals surface area contributed by atoms with E-state index in [4.69, 9.17) is 4.74 Å². The van der Waals surface area contributed by atoms with Crippen LogP contribution in [-0.4, -0.2) is 39.3 Å². The molecule has 1 saturated carbocycles. The van der Waals surface area contributed by atoms with Crippen molar-refractivity contribution in [2.24, 2.45) is 5.92 Å². The summed E-state index contributed by atoms with van der Waals surface area (Å²) < 4.78 is 5.54. The maximum absolute atomic E-state index is 5.54. The number of hydrogen-bond acceptors (Lipinski definition) is 2. The van der Waals surface area contributed by atoms with Crippen LogP contribution in [0.1, 0.15) is 18.4 Å². The van der Waals surface area contributed by atoms with Crippen molar-refractivity contribution in [3.8, 4) is 0 Å². The summed E-state index contributed by atoms with van der Waals surface area (Å²) in [7, 11) is 6.11. The molecular formula is C15H23NO. The van der Waals surface area contributed by atoms with Gasteiger partial charge in [-0.05, 0) is 38.4 Å². The minimum atomic E-state index is 0.180. The second-order valence-corrected chi connectivity index (χ2v) is 5.47. The Morgan fingerprint density at radius 2 is 1.88 bits per heavy atom. The van der Waals surface area contributed by atoms with Crippen LogP contribution in [0, 0.1) is 5.92 Å². The molecule has 0 saturated heterocycles. The number of nitrogens with zero attached hydrogens (tertiary/aromatic N) is 1. The number of hydrogen-bond donors (Lipinski definition) is 0. The maximum Gasteiger partial charge on any atom is 0.0574 e. The van der Waals surface area contributed by atoms with E-state index in [2.05, 4.69) is 49.3 Å². The van der Waals surface area contributed by atoms with Gasteiger partial charge in [0.15, 0.2) is 0 Å². The fourth-order valence-corrected chi connectivity index (χ4v) is 2.93. The highest BCUT2D eigenvalue weighted by Gasteiger charge is 2.46. The van der Waals surface area contributed by atoms with E-state index in [1.165, 1.54) is 18.4 Å². The molecule has 0 radical (unpaired) electrons. The zero-order chi connectivity index (χ0) is 12.3. The normalized spacial score (nSPS) is 19.3. The molecule has 2 nitrogen and oxygen atoms in total. The van der Waals surface area contributed by atoms with E-state index in [9.17, 15) is 0 Å². The molecule has 1 aromatic carbocycles. The third-order valence-electron chi connectivity index (χ3n) is 3.71. The van der Waals surface area contributed by atoms with Crippen molar-refractivity contribution < 1.29 is 4.74 Å². The van der Waals surface area contributed by atoms with Crippen LogP contribution in [0.3, 0.4) is 0 Å². The highest BCUT2D eigenvalue weighted by Crippen LogP contribution is 2.47. The third-order valence-corrected chi connectivity index (χ3v) is 3.71. The lowest BCUT2D eigenvalue weighted by Gasteiger charge is -2.36. The molecule has 2 heteroatoms. The molecule has 1 aliphatic rings. The van der Waals surface area contributed by atoms with Crippen LogP contribution in [0.15, 0.2) is 30.3 Å². The molecule has 0 heterocycles. The van der Waals surface area contributed by atoms with Gasteiger partial charge in [0.05, 0.1) is 6.61 Å². The third kappa shape index (κ3) is 2.70. The predicted molar refractivity (Wildman–Crippen MR) is 71.3 cm³/mol. The highest BCUT2D eigenvalue weighted by molar-refractivity contribution is 5.29. The number of ether oxygens (including phenoxy) is 1. The van der Waals surface area contributed by atoms with Crippen molar-refractivity contribution in [2.75, 3.05) is 34.4 Å². The van der Waals surface area contributed by atoms with Crippen LogP contribution in [0.2, 0.25) is 0 Å². The van der Waals surface area contributed by atoms with Gasteiger partial charge in [0.1, 0.15) is 0 Å². The molecule has 0 aromatic heterocycles. The molecule has 1 aliphatic carbocycles. The van der Waals surface area contributed by atoms with Gasteiger partial charge < -0.3 is 9.64 Å². The molecule has 1 atom stereocenters.